The van der Waals surface area contributed by atoms with Crippen molar-refractivity contribution in [1.29, 1.82) is 0 Å². The number of nitrogens with zero attached hydrogens (tertiary/aromatic N) is 1. The molecule has 1 aromatic heterocycles. The number of anilines is 2. The predicted octanol–water partition coefficient (Wildman–Crippen LogP) is -0.889. The van der Waals surface area contributed by atoms with Crippen molar-refractivity contribution in [2.75, 3.05) is 11.5 Å². The molecule has 1 fully saturated rings. The molecule has 0 radical (unpaired) electrons. The van der Waals surface area contributed by atoms with Crippen molar-refractivity contribution in [3.63, 3.8) is 0 Å². The zero-order valence-corrected chi connectivity index (χ0v) is 7.62. The van der Waals surface area contributed by atoms with E-state index in [1.807, 2.05) is 0 Å². The number of hydrogen-bond donors (Lipinski definition) is 3. The van der Waals surface area contributed by atoms with Crippen molar-refractivity contribution in [2.45, 2.75) is 19.4 Å². The van der Waals surface area contributed by atoms with Crippen LogP contribution in [0, 0.1) is 5.92 Å². The maximum atomic E-state index is 11.3. The minimum absolute atomic E-state index is 0.0747. The Hall–Kier alpha value is -1.72. The normalized spacial score (nSPS) is 15.7. The number of nitrogens with two attached hydrogens (primary N) is 2. The summed E-state index contributed by atoms with van der Waals surface area (Å²) in [6, 6.07) is 0. The first kappa shape index (κ1) is 8.86. The zero-order valence-electron chi connectivity index (χ0n) is 7.62. The van der Waals surface area contributed by atoms with Gasteiger partial charge in [-0.2, -0.15) is 0 Å². The first-order valence-corrected chi connectivity index (χ1v) is 4.47. The van der Waals surface area contributed by atoms with Crippen LogP contribution in [0.1, 0.15) is 12.8 Å². The van der Waals surface area contributed by atoms with E-state index in [1.54, 1.807) is 0 Å². The first-order valence-electron chi connectivity index (χ1n) is 4.47. The van der Waals surface area contributed by atoms with Crippen LogP contribution in [-0.4, -0.2) is 9.55 Å². The highest BCUT2D eigenvalue weighted by Crippen LogP contribution is 2.30. The number of aromatic nitrogens is 2. The zero-order chi connectivity index (χ0) is 10.3. The second kappa shape index (κ2) is 2.90. The molecule has 2 rings (SSSR count). The Balaban J connectivity index is 2.51. The number of aromatic amines is 1. The van der Waals surface area contributed by atoms with Crippen molar-refractivity contribution in [3.05, 3.63) is 20.8 Å². The third-order valence-corrected chi connectivity index (χ3v) is 2.41. The van der Waals surface area contributed by atoms with Gasteiger partial charge in [0.15, 0.2) is 0 Å². The van der Waals surface area contributed by atoms with Gasteiger partial charge in [0.05, 0.1) is 0 Å². The summed E-state index contributed by atoms with van der Waals surface area (Å²) in [6.07, 6.45) is 2.20. The largest absolute Gasteiger partial charge is 0.391 e. The van der Waals surface area contributed by atoms with Gasteiger partial charge in [0.25, 0.3) is 5.56 Å². The third kappa shape index (κ3) is 1.39. The maximum absolute atomic E-state index is 11.3. The molecule has 6 heteroatoms. The minimum atomic E-state index is -0.612. The summed E-state index contributed by atoms with van der Waals surface area (Å²) >= 11 is 0. The van der Waals surface area contributed by atoms with Gasteiger partial charge >= 0.3 is 5.69 Å². The Bertz CT molecular complexity index is 469. The fraction of sp³-hybridized carbons (Fsp3) is 0.500. The summed E-state index contributed by atoms with van der Waals surface area (Å²) in [5, 5.41) is 0. The monoisotopic (exact) mass is 196 g/mol. The third-order valence-electron chi connectivity index (χ3n) is 2.41. The van der Waals surface area contributed by atoms with E-state index in [0.29, 0.717) is 12.5 Å². The molecule has 1 aliphatic rings. The van der Waals surface area contributed by atoms with E-state index in [9.17, 15) is 9.59 Å². The van der Waals surface area contributed by atoms with Crippen molar-refractivity contribution in [1.82, 2.24) is 9.55 Å². The number of hydrogen-bond acceptors (Lipinski definition) is 4. The molecule has 6 nitrogen and oxygen atoms in total. The Kier molecular flexibility index (Phi) is 1.83. The van der Waals surface area contributed by atoms with Crippen LogP contribution in [0.5, 0.6) is 0 Å². The summed E-state index contributed by atoms with van der Waals surface area (Å²) in [5.41, 5.74) is 9.83. The molecule has 76 valence electrons. The molecule has 0 amide bonds. The molecule has 0 aliphatic heterocycles. The smallest absolute Gasteiger partial charge is 0.330 e. The lowest BCUT2D eigenvalue weighted by Gasteiger charge is -2.08. The Morgan fingerprint density at radius 1 is 1.36 bits per heavy atom. The van der Waals surface area contributed by atoms with Crippen LogP contribution in [-0.2, 0) is 6.54 Å². The molecule has 1 heterocycles. The summed E-state index contributed by atoms with van der Waals surface area (Å²) in [7, 11) is 0. The lowest BCUT2D eigenvalue weighted by atomic mass is 10.4. The van der Waals surface area contributed by atoms with Crippen LogP contribution in [0.2, 0.25) is 0 Å². The van der Waals surface area contributed by atoms with Crippen LogP contribution in [0.4, 0.5) is 11.5 Å². The Labute approximate surface area is 79.5 Å². The molecule has 0 saturated heterocycles. The van der Waals surface area contributed by atoms with Crippen molar-refractivity contribution < 1.29 is 0 Å². The predicted molar refractivity (Wildman–Crippen MR) is 52.9 cm³/mol. The fourth-order valence-corrected chi connectivity index (χ4v) is 1.34. The standard InChI is InChI=1S/C8H12N4O2/c9-5-6(10)12(3-4-1-2-4)8(14)11-7(5)13/h4H,1-3,9-10H2,(H,11,13,14). The van der Waals surface area contributed by atoms with Gasteiger partial charge in [-0.05, 0) is 18.8 Å². The second-order valence-corrected chi connectivity index (χ2v) is 3.61. The molecular weight excluding hydrogens is 184 g/mol. The van der Waals surface area contributed by atoms with Crippen LogP contribution in [0.25, 0.3) is 0 Å². The molecule has 1 saturated carbocycles. The lowest BCUT2D eigenvalue weighted by Crippen LogP contribution is -2.34. The van der Waals surface area contributed by atoms with Gasteiger partial charge in [-0.15, -0.1) is 0 Å². The summed E-state index contributed by atoms with van der Waals surface area (Å²) in [4.78, 5) is 24.5. The van der Waals surface area contributed by atoms with E-state index in [-0.39, 0.29) is 11.5 Å². The van der Waals surface area contributed by atoms with Crippen molar-refractivity contribution in [3.8, 4) is 0 Å². The van der Waals surface area contributed by atoms with E-state index in [4.69, 9.17) is 11.5 Å². The van der Waals surface area contributed by atoms with Gasteiger partial charge in [-0.3, -0.25) is 14.3 Å². The van der Waals surface area contributed by atoms with Crippen molar-refractivity contribution >= 4 is 11.5 Å². The molecule has 5 N–H and O–H groups in total. The minimum Gasteiger partial charge on any atom is -0.391 e. The fourth-order valence-electron chi connectivity index (χ4n) is 1.34. The van der Waals surface area contributed by atoms with Crippen molar-refractivity contribution in [2.24, 2.45) is 5.92 Å². The molecule has 0 bridgehead atoms. The van der Waals surface area contributed by atoms with Crippen LogP contribution >= 0.6 is 0 Å². The number of nitrogen functional groups attached to an aromatic ring is 2. The molecule has 0 atom stereocenters. The average molecular weight is 196 g/mol. The van der Waals surface area contributed by atoms with Gasteiger partial charge in [-0.25, -0.2) is 4.79 Å². The number of H-pyrrole nitrogens is 1. The van der Waals surface area contributed by atoms with E-state index in [2.05, 4.69) is 4.98 Å². The average Bonchev–Trinajstić information content (AvgIpc) is 2.92. The molecular formula is C8H12N4O2. The van der Waals surface area contributed by atoms with E-state index < -0.39 is 11.2 Å². The maximum Gasteiger partial charge on any atom is 0.330 e. The van der Waals surface area contributed by atoms with E-state index in [1.165, 1.54) is 4.57 Å². The van der Waals surface area contributed by atoms with Crippen LogP contribution < -0.4 is 22.7 Å². The SMILES string of the molecule is Nc1c(N)n(CC2CC2)c(=O)[nH]c1=O. The highest BCUT2D eigenvalue weighted by Gasteiger charge is 2.23. The highest BCUT2D eigenvalue weighted by molar-refractivity contribution is 5.56. The quantitative estimate of drug-likeness (QED) is 0.570. The van der Waals surface area contributed by atoms with E-state index >= 15 is 0 Å². The van der Waals surface area contributed by atoms with Gasteiger partial charge in [0, 0.05) is 6.54 Å². The number of rotatable bonds is 2. The summed E-state index contributed by atoms with van der Waals surface area (Å²) in [6.45, 7) is 0.547. The van der Waals surface area contributed by atoms with Crippen LogP contribution in [0.3, 0.4) is 0 Å². The van der Waals surface area contributed by atoms with Gasteiger partial charge < -0.3 is 11.5 Å². The van der Waals surface area contributed by atoms with Crippen LogP contribution in [0.15, 0.2) is 9.59 Å². The Morgan fingerprint density at radius 2 is 2.00 bits per heavy atom. The molecule has 0 spiro atoms. The summed E-state index contributed by atoms with van der Waals surface area (Å²) < 4.78 is 1.33. The highest BCUT2D eigenvalue weighted by atomic mass is 16.2. The van der Waals surface area contributed by atoms with Gasteiger partial charge in [-0.1, -0.05) is 0 Å². The summed E-state index contributed by atoms with van der Waals surface area (Å²) in [5.74, 6) is 0.575. The van der Waals surface area contributed by atoms with Gasteiger partial charge in [0.2, 0.25) is 0 Å². The van der Waals surface area contributed by atoms with Gasteiger partial charge in [0.1, 0.15) is 11.5 Å². The Morgan fingerprint density at radius 3 is 2.57 bits per heavy atom. The van der Waals surface area contributed by atoms with E-state index in [0.717, 1.165) is 12.8 Å². The molecule has 14 heavy (non-hydrogen) atoms. The molecule has 1 aliphatic carbocycles. The molecule has 0 unspecified atom stereocenters. The topological polar surface area (TPSA) is 107 Å². The second-order valence-electron chi connectivity index (χ2n) is 3.61. The number of nitrogens with one attached hydrogen (secondary N) is 1. The lowest BCUT2D eigenvalue weighted by molar-refractivity contribution is 0.599. The first-order chi connectivity index (χ1) is 6.59. The molecule has 1 aromatic rings. The molecule has 0 aromatic carbocycles.